The van der Waals surface area contributed by atoms with Crippen molar-refractivity contribution in [3.05, 3.63) is 95.1 Å². The zero-order valence-corrected chi connectivity index (χ0v) is 19.9. The van der Waals surface area contributed by atoms with Crippen molar-refractivity contribution >= 4 is 16.0 Å². The van der Waals surface area contributed by atoms with E-state index in [0.717, 1.165) is 23.8 Å². The number of hydrogen-bond acceptors (Lipinski definition) is 5. The molecule has 0 aromatic heterocycles. The maximum absolute atomic E-state index is 13.1. The molecule has 0 radical (unpaired) electrons. The smallest absolute Gasteiger partial charge is 0.383 e. The molecule has 0 saturated heterocycles. The molecule has 3 aromatic rings. The Balaban J connectivity index is 1.83. The minimum atomic E-state index is -4.69. The number of rotatable bonds is 9. The van der Waals surface area contributed by atoms with Gasteiger partial charge < -0.3 is 13.8 Å². The fourth-order valence-electron chi connectivity index (χ4n) is 3.36. The molecular weight excluding hydrogens is 483 g/mol. The molecule has 0 atom stereocenters. The van der Waals surface area contributed by atoms with Crippen molar-refractivity contribution in [1.29, 1.82) is 0 Å². The van der Waals surface area contributed by atoms with Gasteiger partial charge in [0.25, 0.3) is 5.91 Å². The van der Waals surface area contributed by atoms with Crippen LogP contribution in [-0.2, 0) is 27.6 Å². The monoisotopic (exact) mass is 507 g/mol. The highest BCUT2D eigenvalue weighted by molar-refractivity contribution is 7.87. The number of alkyl halides is 3. The highest BCUT2D eigenvalue weighted by Crippen LogP contribution is 2.31. The summed E-state index contributed by atoms with van der Waals surface area (Å²) in [7, 11) is -3.00. The summed E-state index contributed by atoms with van der Waals surface area (Å²) in [6, 6.07) is 16.5. The van der Waals surface area contributed by atoms with Crippen LogP contribution >= 0.6 is 0 Å². The third kappa shape index (κ3) is 6.83. The first-order valence-corrected chi connectivity index (χ1v) is 12.0. The summed E-state index contributed by atoms with van der Waals surface area (Å²) in [5.41, 5.74) is 0.812. The second-order valence-corrected chi connectivity index (χ2v) is 9.29. The molecule has 0 heterocycles. The highest BCUT2D eigenvalue weighted by atomic mass is 32.2. The second-order valence-electron chi connectivity index (χ2n) is 7.74. The molecule has 3 aromatic carbocycles. The van der Waals surface area contributed by atoms with Crippen LogP contribution in [0.5, 0.6) is 5.75 Å². The van der Waals surface area contributed by atoms with E-state index in [0.29, 0.717) is 17.2 Å². The molecule has 1 amide bonds. The Morgan fingerprint density at radius 2 is 1.69 bits per heavy atom. The Bertz CT molecular complexity index is 1290. The first-order chi connectivity index (χ1) is 16.5. The number of benzene rings is 3. The van der Waals surface area contributed by atoms with Crippen LogP contribution in [0.25, 0.3) is 0 Å². The fourth-order valence-corrected chi connectivity index (χ4v) is 4.33. The molecule has 0 aliphatic heterocycles. The number of ether oxygens (including phenoxy) is 1. The Morgan fingerprint density at radius 3 is 2.37 bits per heavy atom. The lowest BCUT2D eigenvalue weighted by atomic mass is 10.1. The standard InChI is InChI=1S/C25H24F3NO5S/c1-18-7-3-4-12-23(18)24(30)29(13-14-33-2)17-19-8-5-10-21(15-19)34-35(31,32)22-11-6-9-20(16-22)25(26,27)28/h3-12,15-16H,13-14,17H2,1-2H3. The van der Waals surface area contributed by atoms with Gasteiger partial charge in [-0.25, -0.2) is 0 Å². The van der Waals surface area contributed by atoms with Crippen molar-refractivity contribution < 1.29 is 35.3 Å². The van der Waals surface area contributed by atoms with Gasteiger partial charge in [-0.05, 0) is 54.4 Å². The third-order valence-corrected chi connectivity index (χ3v) is 6.40. The summed E-state index contributed by atoms with van der Waals surface area (Å²) in [6.45, 7) is 2.54. The molecule has 0 fully saturated rings. The summed E-state index contributed by atoms with van der Waals surface area (Å²) >= 11 is 0. The van der Waals surface area contributed by atoms with Gasteiger partial charge >= 0.3 is 16.3 Å². The van der Waals surface area contributed by atoms with Gasteiger partial charge in [-0.15, -0.1) is 0 Å². The van der Waals surface area contributed by atoms with Crippen molar-refractivity contribution in [3.8, 4) is 5.75 Å². The van der Waals surface area contributed by atoms with Crippen LogP contribution in [0, 0.1) is 6.92 Å². The zero-order chi connectivity index (χ0) is 25.6. The molecule has 6 nitrogen and oxygen atoms in total. The molecular formula is C25H24F3NO5S. The van der Waals surface area contributed by atoms with Gasteiger partial charge in [0.05, 0.1) is 12.2 Å². The van der Waals surface area contributed by atoms with Crippen LogP contribution in [0.2, 0.25) is 0 Å². The SMILES string of the molecule is COCCN(Cc1cccc(OS(=O)(=O)c2cccc(C(F)(F)F)c2)c1)C(=O)c1ccccc1C. The van der Waals surface area contributed by atoms with E-state index in [9.17, 15) is 26.4 Å². The van der Waals surface area contributed by atoms with Crippen LogP contribution in [0.3, 0.4) is 0 Å². The van der Waals surface area contributed by atoms with E-state index in [2.05, 4.69) is 0 Å². The molecule has 3 rings (SSSR count). The molecule has 186 valence electrons. The van der Waals surface area contributed by atoms with Crippen LogP contribution in [0.1, 0.15) is 27.0 Å². The van der Waals surface area contributed by atoms with E-state index >= 15 is 0 Å². The summed E-state index contributed by atoms with van der Waals surface area (Å²) in [6.07, 6.45) is -4.69. The van der Waals surface area contributed by atoms with Crippen LogP contribution in [0.15, 0.2) is 77.7 Å². The molecule has 0 aliphatic rings. The van der Waals surface area contributed by atoms with Gasteiger partial charge in [-0.1, -0.05) is 36.4 Å². The molecule has 0 N–H and O–H groups in total. The molecule has 0 aliphatic carbocycles. The van der Waals surface area contributed by atoms with Gasteiger partial charge in [-0.3, -0.25) is 4.79 Å². The number of carbonyl (C=O) groups excluding carboxylic acids is 1. The Kier molecular flexibility index (Phi) is 8.18. The van der Waals surface area contributed by atoms with Gasteiger partial charge in [0.15, 0.2) is 0 Å². The minimum absolute atomic E-state index is 0.0880. The maximum Gasteiger partial charge on any atom is 0.416 e. The van der Waals surface area contributed by atoms with Gasteiger partial charge in [0.2, 0.25) is 0 Å². The molecule has 35 heavy (non-hydrogen) atoms. The predicted molar refractivity (Wildman–Crippen MR) is 123 cm³/mol. The number of methoxy groups -OCH3 is 1. The number of carbonyl (C=O) groups is 1. The highest BCUT2D eigenvalue weighted by Gasteiger charge is 2.32. The lowest BCUT2D eigenvalue weighted by molar-refractivity contribution is -0.137. The molecule has 10 heteroatoms. The minimum Gasteiger partial charge on any atom is -0.383 e. The number of aryl methyl sites for hydroxylation is 1. The van der Waals surface area contributed by atoms with Crippen molar-refractivity contribution in [2.75, 3.05) is 20.3 Å². The van der Waals surface area contributed by atoms with Crippen LogP contribution in [-0.4, -0.2) is 39.5 Å². The van der Waals surface area contributed by atoms with Gasteiger partial charge in [-0.2, -0.15) is 21.6 Å². The van der Waals surface area contributed by atoms with E-state index in [-0.39, 0.29) is 31.4 Å². The first-order valence-electron chi connectivity index (χ1n) is 10.6. The lowest BCUT2D eigenvalue weighted by Crippen LogP contribution is -2.33. The van der Waals surface area contributed by atoms with E-state index in [1.807, 2.05) is 19.1 Å². The van der Waals surface area contributed by atoms with Crippen molar-refractivity contribution in [1.82, 2.24) is 4.90 Å². The second kappa shape index (κ2) is 10.9. The third-order valence-electron chi connectivity index (χ3n) is 5.16. The van der Waals surface area contributed by atoms with E-state index < -0.39 is 26.8 Å². The lowest BCUT2D eigenvalue weighted by Gasteiger charge is -2.23. The van der Waals surface area contributed by atoms with E-state index in [1.54, 1.807) is 29.2 Å². The zero-order valence-electron chi connectivity index (χ0n) is 19.1. The fraction of sp³-hybridized carbons (Fsp3) is 0.240. The number of nitrogens with zero attached hydrogens (tertiary/aromatic N) is 1. The quantitative estimate of drug-likeness (QED) is 0.378. The van der Waals surface area contributed by atoms with E-state index in [4.69, 9.17) is 8.92 Å². The average Bonchev–Trinajstić information content (AvgIpc) is 2.81. The molecule has 0 saturated carbocycles. The predicted octanol–water partition coefficient (Wildman–Crippen LogP) is 5.07. The van der Waals surface area contributed by atoms with Gasteiger partial charge in [0.1, 0.15) is 10.6 Å². The van der Waals surface area contributed by atoms with Gasteiger partial charge in [0, 0.05) is 25.8 Å². The van der Waals surface area contributed by atoms with Crippen molar-refractivity contribution in [3.63, 3.8) is 0 Å². The largest absolute Gasteiger partial charge is 0.416 e. The Morgan fingerprint density at radius 1 is 0.971 bits per heavy atom. The average molecular weight is 508 g/mol. The van der Waals surface area contributed by atoms with Crippen molar-refractivity contribution in [2.45, 2.75) is 24.5 Å². The van der Waals surface area contributed by atoms with Crippen LogP contribution in [0.4, 0.5) is 13.2 Å². The number of halogens is 3. The molecule has 0 unspecified atom stereocenters. The maximum atomic E-state index is 13.1. The van der Waals surface area contributed by atoms with Crippen molar-refractivity contribution in [2.24, 2.45) is 0 Å². The first kappa shape index (κ1) is 26.2. The number of hydrogen-bond donors (Lipinski definition) is 0. The summed E-state index contributed by atoms with van der Waals surface area (Å²) in [5, 5.41) is 0. The molecule has 0 bridgehead atoms. The summed E-state index contributed by atoms with van der Waals surface area (Å²) in [4.78, 5) is 14.1. The Hall–Kier alpha value is -3.37. The van der Waals surface area contributed by atoms with E-state index in [1.165, 1.54) is 19.2 Å². The van der Waals surface area contributed by atoms with Crippen LogP contribution < -0.4 is 4.18 Å². The summed E-state index contributed by atoms with van der Waals surface area (Å²) in [5.74, 6) is -0.307. The molecule has 0 spiro atoms. The summed E-state index contributed by atoms with van der Waals surface area (Å²) < 4.78 is 74.4. The number of amides is 1. The normalized spacial score (nSPS) is 11.8. The topological polar surface area (TPSA) is 72.9 Å². The Labute approximate surface area is 202 Å².